The first kappa shape index (κ1) is 24.9. The summed E-state index contributed by atoms with van der Waals surface area (Å²) < 4.78 is 24.1. The number of benzene rings is 2. The van der Waals surface area contributed by atoms with Crippen molar-refractivity contribution in [1.82, 2.24) is 9.88 Å². The van der Waals surface area contributed by atoms with Gasteiger partial charge in [-0.3, -0.25) is 15.0 Å². The van der Waals surface area contributed by atoms with Crippen molar-refractivity contribution in [2.75, 3.05) is 31.0 Å². The number of carbonyl (C=O) groups is 2. The first-order valence-corrected chi connectivity index (χ1v) is 12.2. The molecule has 3 rings (SSSR count). The fourth-order valence-electron chi connectivity index (χ4n) is 2.92. The number of nitrogens with zero attached hydrogens (tertiary/aromatic N) is 2. The average Bonchev–Trinajstić information content (AvgIpc) is 2.79. The van der Waals surface area contributed by atoms with Gasteiger partial charge in [0.15, 0.2) is 9.84 Å². The van der Waals surface area contributed by atoms with Crippen LogP contribution in [0.2, 0.25) is 5.02 Å². The highest BCUT2D eigenvalue weighted by molar-refractivity contribution is 7.90. The van der Waals surface area contributed by atoms with Gasteiger partial charge in [-0.15, -0.1) is 0 Å². The Kier molecular flexibility index (Phi) is 7.33. The molecule has 34 heavy (non-hydrogen) atoms. The summed E-state index contributed by atoms with van der Waals surface area (Å²) >= 11 is 5.82. The van der Waals surface area contributed by atoms with Crippen LogP contribution in [0.3, 0.4) is 0 Å². The third-order valence-corrected chi connectivity index (χ3v) is 6.08. The Morgan fingerprint density at radius 1 is 0.941 bits per heavy atom. The second kappa shape index (κ2) is 10.0. The van der Waals surface area contributed by atoms with E-state index < -0.39 is 21.7 Å². The Balaban J connectivity index is 1.90. The maximum atomic E-state index is 12.9. The lowest BCUT2D eigenvalue weighted by Crippen LogP contribution is -2.22. The van der Waals surface area contributed by atoms with Crippen molar-refractivity contribution < 1.29 is 18.0 Å². The van der Waals surface area contributed by atoms with E-state index in [0.29, 0.717) is 16.1 Å². The number of hydrogen-bond donors (Lipinski definition) is 3. The number of amides is 2. The number of aromatic nitrogens is 1. The highest BCUT2D eigenvalue weighted by Crippen LogP contribution is 2.23. The molecule has 0 saturated carbocycles. The average molecular weight is 500 g/mol. The van der Waals surface area contributed by atoms with E-state index in [4.69, 9.17) is 17.0 Å². The quantitative estimate of drug-likeness (QED) is 0.351. The number of carbonyl (C=O) groups excluding carboxylic acids is 2. The van der Waals surface area contributed by atoms with Crippen molar-refractivity contribution in [2.45, 2.75) is 4.90 Å². The predicted molar refractivity (Wildman–Crippen MR) is 132 cm³/mol. The normalized spacial score (nSPS) is 10.9. The Morgan fingerprint density at radius 3 is 2.15 bits per heavy atom. The molecule has 0 aliphatic rings. The molecule has 0 fully saturated rings. The Morgan fingerprint density at radius 2 is 1.59 bits per heavy atom. The molecule has 9 nitrogen and oxygen atoms in total. The van der Waals surface area contributed by atoms with Gasteiger partial charge >= 0.3 is 0 Å². The summed E-state index contributed by atoms with van der Waals surface area (Å²) in [6.45, 7) is 0. The molecule has 0 atom stereocenters. The molecule has 0 bridgehead atoms. The first-order chi connectivity index (χ1) is 16.0. The van der Waals surface area contributed by atoms with Gasteiger partial charge < -0.3 is 15.5 Å². The van der Waals surface area contributed by atoms with Crippen molar-refractivity contribution in [2.24, 2.45) is 0 Å². The highest BCUT2D eigenvalue weighted by atomic mass is 35.5. The molecule has 0 radical (unpaired) electrons. The summed E-state index contributed by atoms with van der Waals surface area (Å²) in [5.41, 5.74) is 0.996. The van der Waals surface area contributed by atoms with E-state index in [0.717, 1.165) is 6.26 Å². The van der Waals surface area contributed by atoms with E-state index in [2.05, 4.69) is 15.6 Å². The van der Waals surface area contributed by atoms with Crippen LogP contribution in [0.5, 0.6) is 0 Å². The van der Waals surface area contributed by atoms with Crippen LogP contribution in [-0.4, -0.2) is 56.3 Å². The molecule has 11 heteroatoms. The molecule has 2 aromatic carbocycles. The molecule has 2 amide bonds. The number of hydrogen-bond acceptors (Lipinski definition) is 6. The molecule has 0 spiro atoms. The maximum Gasteiger partial charge on any atom is 0.258 e. The minimum absolute atomic E-state index is 0.0565. The number of sulfone groups is 1. The van der Waals surface area contributed by atoms with E-state index in [9.17, 15) is 18.0 Å². The minimum atomic E-state index is -3.60. The smallest absolute Gasteiger partial charge is 0.258 e. The van der Waals surface area contributed by atoms with Crippen molar-refractivity contribution >= 4 is 50.6 Å². The van der Waals surface area contributed by atoms with Gasteiger partial charge in [0.2, 0.25) is 0 Å². The highest BCUT2D eigenvalue weighted by Gasteiger charge is 2.19. The Labute approximate surface area is 202 Å². The standard InChI is InChI=1S/C23H22ClN5O4S/c1-29(2)21(25)14-4-6-15(7-5-14)22(30)27-19-10-9-17(34(3,32)33)12-18(19)23(31)28-20-11-8-16(24)13-26-20/h4-13,25H,1-3H3,(H,27,30)(H,26,28,31). The number of amidine groups is 1. The van der Waals surface area contributed by atoms with Crippen LogP contribution in [-0.2, 0) is 9.84 Å². The van der Waals surface area contributed by atoms with Gasteiger partial charge in [0, 0.05) is 37.7 Å². The molecule has 0 aliphatic heterocycles. The zero-order valence-corrected chi connectivity index (χ0v) is 20.2. The summed E-state index contributed by atoms with van der Waals surface area (Å²) in [4.78, 5) is 31.3. The van der Waals surface area contributed by atoms with Crippen molar-refractivity contribution in [1.29, 1.82) is 5.41 Å². The van der Waals surface area contributed by atoms with Crippen LogP contribution in [0.1, 0.15) is 26.3 Å². The monoisotopic (exact) mass is 499 g/mol. The van der Waals surface area contributed by atoms with Gasteiger partial charge in [0.05, 0.1) is 21.2 Å². The molecule has 3 aromatic rings. The Bertz CT molecular complexity index is 1360. The molecule has 0 aliphatic carbocycles. The van der Waals surface area contributed by atoms with Gasteiger partial charge in [0.25, 0.3) is 11.8 Å². The molecule has 0 saturated heterocycles. The van der Waals surface area contributed by atoms with Gasteiger partial charge in [-0.05, 0) is 42.5 Å². The van der Waals surface area contributed by atoms with E-state index in [1.165, 1.54) is 30.5 Å². The first-order valence-electron chi connectivity index (χ1n) is 9.90. The number of anilines is 2. The van der Waals surface area contributed by atoms with Crippen molar-refractivity contribution in [3.8, 4) is 0 Å². The molecule has 176 valence electrons. The number of nitrogens with one attached hydrogen (secondary N) is 3. The summed E-state index contributed by atoms with van der Waals surface area (Å²) in [5, 5.41) is 13.6. The van der Waals surface area contributed by atoms with E-state index in [1.54, 1.807) is 49.3 Å². The zero-order valence-electron chi connectivity index (χ0n) is 18.6. The lowest BCUT2D eigenvalue weighted by molar-refractivity contribution is 0.102. The predicted octanol–water partition coefficient (Wildman–Crippen LogP) is 3.53. The van der Waals surface area contributed by atoms with E-state index in [1.807, 2.05) is 0 Å². The fraction of sp³-hybridized carbons (Fsp3) is 0.130. The van der Waals surface area contributed by atoms with Crippen molar-refractivity contribution in [3.63, 3.8) is 0 Å². The van der Waals surface area contributed by atoms with Crippen LogP contribution in [0.25, 0.3) is 0 Å². The molecular weight excluding hydrogens is 478 g/mol. The molecule has 3 N–H and O–H groups in total. The number of halogens is 1. The zero-order chi connectivity index (χ0) is 25.0. The molecular formula is C23H22ClN5O4S. The van der Waals surface area contributed by atoms with Gasteiger partial charge in [0.1, 0.15) is 11.7 Å². The molecule has 0 unspecified atom stereocenters. The van der Waals surface area contributed by atoms with Crippen LogP contribution in [0.15, 0.2) is 65.7 Å². The third kappa shape index (κ3) is 5.97. The summed E-state index contributed by atoms with van der Waals surface area (Å²) in [6.07, 6.45) is 2.38. The summed E-state index contributed by atoms with van der Waals surface area (Å²) in [5.74, 6) is -0.674. The second-order valence-corrected chi connectivity index (χ2v) is 10.0. The maximum absolute atomic E-state index is 12.9. The topological polar surface area (TPSA) is 132 Å². The van der Waals surface area contributed by atoms with Crippen LogP contribution in [0, 0.1) is 5.41 Å². The van der Waals surface area contributed by atoms with Crippen LogP contribution < -0.4 is 10.6 Å². The van der Waals surface area contributed by atoms with Crippen LogP contribution in [0.4, 0.5) is 11.5 Å². The van der Waals surface area contributed by atoms with Crippen molar-refractivity contribution in [3.05, 3.63) is 82.5 Å². The Hall–Kier alpha value is -3.76. The third-order valence-electron chi connectivity index (χ3n) is 4.75. The minimum Gasteiger partial charge on any atom is -0.363 e. The number of rotatable bonds is 6. The molecule has 1 aromatic heterocycles. The number of pyridine rings is 1. The summed E-state index contributed by atoms with van der Waals surface area (Å²) in [7, 11) is -0.114. The van der Waals surface area contributed by atoms with Gasteiger partial charge in [-0.2, -0.15) is 0 Å². The van der Waals surface area contributed by atoms with Crippen LogP contribution >= 0.6 is 11.6 Å². The fourth-order valence-corrected chi connectivity index (χ4v) is 3.68. The van der Waals surface area contributed by atoms with Gasteiger partial charge in [-0.25, -0.2) is 13.4 Å². The largest absolute Gasteiger partial charge is 0.363 e. The lowest BCUT2D eigenvalue weighted by Gasteiger charge is -2.15. The van der Waals surface area contributed by atoms with E-state index >= 15 is 0 Å². The second-order valence-electron chi connectivity index (χ2n) is 7.57. The molecule has 1 heterocycles. The SMILES string of the molecule is CN(C)C(=N)c1ccc(C(=O)Nc2ccc(S(C)(=O)=O)cc2C(=O)Nc2ccc(Cl)cn2)cc1. The summed E-state index contributed by atoms with van der Waals surface area (Å²) in [6, 6.07) is 13.3. The van der Waals surface area contributed by atoms with Gasteiger partial charge in [-0.1, -0.05) is 23.7 Å². The lowest BCUT2D eigenvalue weighted by atomic mass is 10.1. The van der Waals surface area contributed by atoms with E-state index in [-0.39, 0.29) is 27.8 Å².